The van der Waals surface area contributed by atoms with Gasteiger partial charge < -0.3 is 0 Å². The van der Waals surface area contributed by atoms with Crippen LogP contribution in [0, 0.1) is 6.07 Å². The maximum absolute atomic E-state index is 3.70. The molecule has 0 bridgehead atoms. The SMILES string of the molecule is C=Cc1c[c]c(C2CC2)cc1. The minimum atomic E-state index is 0.814. The van der Waals surface area contributed by atoms with Gasteiger partial charge in [-0.1, -0.05) is 24.8 Å². The highest BCUT2D eigenvalue weighted by Crippen LogP contribution is 2.39. The molecule has 0 heterocycles. The van der Waals surface area contributed by atoms with Crippen LogP contribution in [-0.2, 0) is 0 Å². The molecular formula is C11H11. The minimum Gasteiger partial charge on any atom is -0.0985 e. The van der Waals surface area contributed by atoms with Gasteiger partial charge >= 0.3 is 0 Å². The van der Waals surface area contributed by atoms with E-state index in [0.717, 1.165) is 11.5 Å². The normalized spacial score (nSPS) is 16.4. The molecule has 11 heavy (non-hydrogen) atoms. The third kappa shape index (κ3) is 1.35. The first kappa shape index (κ1) is 6.66. The molecule has 0 nitrogen and oxygen atoms in total. The molecule has 0 N–H and O–H groups in total. The third-order valence-electron chi connectivity index (χ3n) is 2.11. The molecule has 0 amide bonds. The maximum atomic E-state index is 3.70. The predicted molar refractivity (Wildman–Crippen MR) is 47.3 cm³/mol. The lowest BCUT2D eigenvalue weighted by molar-refractivity contribution is 1.13. The molecule has 1 fully saturated rings. The van der Waals surface area contributed by atoms with Gasteiger partial charge in [-0.05, 0) is 42.0 Å². The standard InChI is InChI=1S/C11H11/c1-2-9-3-5-10(6-4-9)11-7-8-11/h2-5,11H,1,7-8H2. The van der Waals surface area contributed by atoms with Crippen molar-refractivity contribution in [3.05, 3.63) is 42.0 Å². The molecule has 55 valence electrons. The van der Waals surface area contributed by atoms with Gasteiger partial charge in [0.15, 0.2) is 0 Å². The quantitative estimate of drug-likeness (QED) is 0.597. The number of rotatable bonds is 2. The van der Waals surface area contributed by atoms with Gasteiger partial charge in [0.25, 0.3) is 0 Å². The van der Waals surface area contributed by atoms with E-state index < -0.39 is 0 Å². The smallest absolute Gasteiger partial charge is 0.0140 e. The van der Waals surface area contributed by atoms with Crippen LogP contribution < -0.4 is 0 Å². The molecule has 1 aromatic carbocycles. The van der Waals surface area contributed by atoms with E-state index in [9.17, 15) is 0 Å². The van der Waals surface area contributed by atoms with Gasteiger partial charge in [-0.3, -0.25) is 0 Å². The molecule has 1 saturated carbocycles. The van der Waals surface area contributed by atoms with Crippen molar-refractivity contribution in [1.29, 1.82) is 0 Å². The molecule has 1 aliphatic carbocycles. The van der Waals surface area contributed by atoms with Crippen LogP contribution in [0.3, 0.4) is 0 Å². The zero-order valence-electron chi connectivity index (χ0n) is 6.51. The Bertz CT molecular complexity index is 252. The Hall–Kier alpha value is -1.04. The minimum absolute atomic E-state index is 0.814. The largest absolute Gasteiger partial charge is 0.0985 e. The molecule has 1 aromatic rings. The summed E-state index contributed by atoms with van der Waals surface area (Å²) in [6.07, 6.45) is 4.56. The number of hydrogen-bond acceptors (Lipinski definition) is 0. The van der Waals surface area contributed by atoms with Gasteiger partial charge in [0.1, 0.15) is 0 Å². The summed E-state index contributed by atoms with van der Waals surface area (Å²) in [5, 5.41) is 0. The average Bonchev–Trinajstić information content (AvgIpc) is 2.87. The molecule has 0 unspecified atom stereocenters. The topological polar surface area (TPSA) is 0 Å². The van der Waals surface area contributed by atoms with Gasteiger partial charge in [0, 0.05) is 0 Å². The van der Waals surface area contributed by atoms with Crippen molar-refractivity contribution in [2.24, 2.45) is 0 Å². The van der Waals surface area contributed by atoms with Gasteiger partial charge in [-0.25, -0.2) is 0 Å². The number of hydrogen-bond donors (Lipinski definition) is 0. The maximum Gasteiger partial charge on any atom is -0.0140 e. The average molecular weight is 143 g/mol. The van der Waals surface area contributed by atoms with Crippen molar-refractivity contribution in [2.45, 2.75) is 18.8 Å². The van der Waals surface area contributed by atoms with E-state index in [1.165, 1.54) is 18.4 Å². The van der Waals surface area contributed by atoms with Crippen LogP contribution in [0.5, 0.6) is 0 Å². The van der Waals surface area contributed by atoms with Crippen LogP contribution in [0.15, 0.2) is 24.8 Å². The van der Waals surface area contributed by atoms with Crippen LogP contribution in [0.1, 0.15) is 29.9 Å². The van der Waals surface area contributed by atoms with Crippen LogP contribution in [0.2, 0.25) is 0 Å². The van der Waals surface area contributed by atoms with Gasteiger partial charge in [-0.2, -0.15) is 0 Å². The summed E-state index contributed by atoms with van der Waals surface area (Å²) < 4.78 is 0. The van der Waals surface area contributed by atoms with E-state index in [1.54, 1.807) is 0 Å². The molecule has 2 rings (SSSR count). The summed E-state index contributed by atoms with van der Waals surface area (Å²) in [5.74, 6) is 0.814. The Labute approximate surface area is 67.6 Å². The Morgan fingerprint density at radius 3 is 2.73 bits per heavy atom. The first-order valence-electron chi connectivity index (χ1n) is 4.04. The van der Waals surface area contributed by atoms with Gasteiger partial charge in [0.05, 0.1) is 0 Å². The molecular weight excluding hydrogens is 132 g/mol. The summed E-state index contributed by atoms with van der Waals surface area (Å²) >= 11 is 0. The summed E-state index contributed by atoms with van der Waals surface area (Å²) in [5.41, 5.74) is 2.53. The Kier molecular flexibility index (Phi) is 1.54. The summed E-state index contributed by atoms with van der Waals surface area (Å²) in [7, 11) is 0. The van der Waals surface area contributed by atoms with Gasteiger partial charge in [-0.15, -0.1) is 0 Å². The second-order valence-corrected chi connectivity index (χ2v) is 3.06. The van der Waals surface area contributed by atoms with Crippen molar-refractivity contribution in [3.8, 4) is 0 Å². The Balaban J connectivity index is 2.25. The molecule has 0 spiro atoms. The van der Waals surface area contributed by atoms with E-state index in [-0.39, 0.29) is 0 Å². The predicted octanol–water partition coefficient (Wildman–Crippen LogP) is 3.01. The third-order valence-corrected chi connectivity index (χ3v) is 2.11. The fourth-order valence-corrected chi connectivity index (χ4v) is 1.22. The molecule has 0 aromatic heterocycles. The number of benzene rings is 1. The first-order chi connectivity index (χ1) is 5.40. The van der Waals surface area contributed by atoms with E-state index >= 15 is 0 Å². The monoisotopic (exact) mass is 143 g/mol. The summed E-state index contributed by atoms with van der Waals surface area (Å²) in [6.45, 7) is 3.70. The highest BCUT2D eigenvalue weighted by Gasteiger charge is 2.22. The van der Waals surface area contributed by atoms with Crippen molar-refractivity contribution < 1.29 is 0 Å². The Morgan fingerprint density at radius 1 is 1.45 bits per heavy atom. The van der Waals surface area contributed by atoms with Crippen molar-refractivity contribution in [3.63, 3.8) is 0 Å². The van der Waals surface area contributed by atoms with Crippen molar-refractivity contribution in [2.75, 3.05) is 0 Å². The van der Waals surface area contributed by atoms with E-state index in [4.69, 9.17) is 0 Å². The second-order valence-electron chi connectivity index (χ2n) is 3.06. The van der Waals surface area contributed by atoms with E-state index in [2.05, 4.69) is 24.8 Å². The molecule has 0 atom stereocenters. The van der Waals surface area contributed by atoms with Crippen molar-refractivity contribution in [1.82, 2.24) is 0 Å². The highest BCUT2D eigenvalue weighted by molar-refractivity contribution is 5.47. The first-order valence-corrected chi connectivity index (χ1v) is 4.04. The van der Waals surface area contributed by atoms with E-state index in [0.29, 0.717) is 0 Å². The zero-order valence-corrected chi connectivity index (χ0v) is 6.51. The van der Waals surface area contributed by atoms with Crippen LogP contribution in [0.25, 0.3) is 6.08 Å². The highest BCUT2D eigenvalue weighted by atomic mass is 14.3. The second kappa shape index (κ2) is 2.54. The van der Waals surface area contributed by atoms with Crippen LogP contribution in [0.4, 0.5) is 0 Å². The molecule has 0 aliphatic heterocycles. The molecule has 0 saturated heterocycles. The molecule has 1 aliphatic rings. The van der Waals surface area contributed by atoms with Crippen LogP contribution >= 0.6 is 0 Å². The molecule has 0 heteroatoms. The summed E-state index contributed by atoms with van der Waals surface area (Å²) in [6, 6.07) is 9.56. The van der Waals surface area contributed by atoms with Crippen LogP contribution in [-0.4, -0.2) is 0 Å². The lowest BCUT2D eigenvalue weighted by Gasteiger charge is -1.96. The summed E-state index contributed by atoms with van der Waals surface area (Å²) in [4.78, 5) is 0. The fourth-order valence-electron chi connectivity index (χ4n) is 1.22. The lowest BCUT2D eigenvalue weighted by Crippen LogP contribution is -1.78. The Morgan fingerprint density at radius 2 is 2.27 bits per heavy atom. The van der Waals surface area contributed by atoms with Gasteiger partial charge in [0.2, 0.25) is 0 Å². The fraction of sp³-hybridized carbons (Fsp3) is 0.273. The van der Waals surface area contributed by atoms with Crippen molar-refractivity contribution >= 4 is 6.08 Å². The molecule has 1 radical (unpaired) electrons. The zero-order chi connectivity index (χ0) is 7.68. The van der Waals surface area contributed by atoms with E-state index in [1.807, 2.05) is 12.1 Å². The lowest BCUT2D eigenvalue weighted by atomic mass is 10.1.